The summed E-state index contributed by atoms with van der Waals surface area (Å²) in [5, 5.41) is 0. The zero-order valence-corrected chi connectivity index (χ0v) is 7.25. The van der Waals surface area contributed by atoms with Crippen molar-refractivity contribution >= 4 is 12.6 Å². The molecule has 0 spiro atoms. The molecule has 0 saturated carbocycles. The number of alkyl halides is 3. The van der Waals surface area contributed by atoms with Gasteiger partial charge in [0.1, 0.15) is 0 Å². The smallest absolute Gasteiger partial charge is 0.298 e. The quantitative estimate of drug-likeness (QED) is 0.657. The van der Waals surface area contributed by atoms with E-state index in [4.69, 9.17) is 0 Å². The van der Waals surface area contributed by atoms with Gasteiger partial charge in [-0.3, -0.25) is 4.90 Å². The molecule has 0 heterocycles. The number of hydrogen-bond acceptors (Lipinski definition) is 2. The highest BCUT2D eigenvalue weighted by Gasteiger charge is 2.28. The Morgan fingerprint density at radius 2 is 1.91 bits per heavy atom. The molecular formula is C6H12F3NS. The van der Waals surface area contributed by atoms with E-state index in [0.717, 1.165) is 0 Å². The average Bonchev–Trinajstić information content (AvgIpc) is 1.79. The fraction of sp³-hybridized carbons (Fsp3) is 1.00. The van der Waals surface area contributed by atoms with E-state index in [0.29, 0.717) is 18.7 Å². The predicted octanol–water partition coefficient (Wildman–Crippen LogP) is 1.80. The van der Waals surface area contributed by atoms with Gasteiger partial charge in [0, 0.05) is 0 Å². The molecule has 0 fully saturated rings. The van der Waals surface area contributed by atoms with Crippen LogP contribution in [0, 0.1) is 0 Å². The summed E-state index contributed by atoms with van der Waals surface area (Å²) in [7, 11) is 1.46. The van der Waals surface area contributed by atoms with Crippen molar-refractivity contribution in [1.82, 2.24) is 4.90 Å². The Morgan fingerprint density at radius 1 is 1.36 bits per heavy atom. The first-order valence-electron chi connectivity index (χ1n) is 3.32. The summed E-state index contributed by atoms with van der Waals surface area (Å²) >= 11 is 3.90. The van der Waals surface area contributed by atoms with Crippen LogP contribution in [0.25, 0.3) is 0 Å². The lowest BCUT2D eigenvalue weighted by atomic mass is 10.4. The second-order valence-electron chi connectivity index (χ2n) is 2.43. The summed E-state index contributed by atoms with van der Waals surface area (Å²) < 4.78 is 35.0. The minimum Gasteiger partial charge on any atom is -0.298 e. The van der Waals surface area contributed by atoms with E-state index in [2.05, 4.69) is 12.6 Å². The minimum absolute atomic E-state index is 0.447. The van der Waals surface area contributed by atoms with Crippen molar-refractivity contribution in [2.24, 2.45) is 0 Å². The van der Waals surface area contributed by atoms with Crippen molar-refractivity contribution in [3.8, 4) is 0 Å². The zero-order valence-electron chi connectivity index (χ0n) is 6.36. The summed E-state index contributed by atoms with van der Waals surface area (Å²) in [5.41, 5.74) is 0. The number of rotatable bonds is 4. The molecule has 1 nitrogen and oxygen atoms in total. The highest BCUT2D eigenvalue weighted by molar-refractivity contribution is 7.80. The molecule has 0 aliphatic rings. The largest absolute Gasteiger partial charge is 0.401 e. The van der Waals surface area contributed by atoms with Crippen LogP contribution in [0.2, 0.25) is 0 Å². The molecule has 11 heavy (non-hydrogen) atoms. The predicted molar refractivity (Wildman–Crippen MR) is 42.0 cm³/mol. The van der Waals surface area contributed by atoms with E-state index >= 15 is 0 Å². The van der Waals surface area contributed by atoms with E-state index in [1.807, 2.05) is 0 Å². The number of nitrogens with zero attached hydrogens (tertiary/aromatic N) is 1. The molecule has 0 N–H and O–H groups in total. The van der Waals surface area contributed by atoms with Crippen LogP contribution in [0.3, 0.4) is 0 Å². The summed E-state index contributed by atoms with van der Waals surface area (Å²) in [6, 6.07) is 0. The lowest BCUT2D eigenvalue weighted by molar-refractivity contribution is -0.142. The van der Waals surface area contributed by atoms with Crippen LogP contribution >= 0.6 is 12.6 Å². The summed E-state index contributed by atoms with van der Waals surface area (Å²) in [4.78, 5) is 1.25. The second kappa shape index (κ2) is 4.87. The third-order valence-electron chi connectivity index (χ3n) is 1.15. The zero-order chi connectivity index (χ0) is 8.91. The van der Waals surface area contributed by atoms with E-state index < -0.39 is 12.7 Å². The number of halogens is 3. The fourth-order valence-corrected chi connectivity index (χ4v) is 0.867. The van der Waals surface area contributed by atoms with Gasteiger partial charge in [0.05, 0.1) is 6.54 Å². The highest BCUT2D eigenvalue weighted by Crippen LogP contribution is 2.15. The van der Waals surface area contributed by atoms with Crippen LogP contribution in [-0.2, 0) is 0 Å². The summed E-state index contributed by atoms with van der Waals surface area (Å²) in [6.07, 6.45) is -3.39. The van der Waals surface area contributed by atoms with Crippen LogP contribution < -0.4 is 0 Å². The minimum atomic E-state index is -4.08. The molecule has 0 unspecified atom stereocenters. The van der Waals surface area contributed by atoms with Gasteiger partial charge in [-0.05, 0) is 25.8 Å². The van der Waals surface area contributed by atoms with Gasteiger partial charge in [0.15, 0.2) is 0 Å². The lowest BCUT2D eigenvalue weighted by Gasteiger charge is -2.17. The first-order chi connectivity index (χ1) is 4.95. The van der Waals surface area contributed by atoms with Crippen molar-refractivity contribution in [1.29, 1.82) is 0 Å². The lowest BCUT2D eigenvalue weighted by Crippen LogP contribution is -2.31. The van der Waals surface area contributed by atoms with E-state index in [1.54, 1.807) is 0 Å². The molecule has 0 bridgehead atoms. The van der Waals surface area contributed by atoms with Gasteiger partial charge in [-0.25, -0.2) is 0 Å². The monoisotopic (exact) mass is 187 g/mol. The maximum absolute atomic E-state index is 11.7. The van der Waals surface area contributed by atoms with Gasteiger partial charge in [0.25, 0.3) is 0 Å². The topological polar surface area (TPSA) is 3.24 Å². The van der Waals surface area contributed by atoms with Crippen molar-refractivity contribution in [2.75, 3.05) is 25.9 Å². The molecule has 0 radical (unpaired) electrons. The van der Waals surface area contributed by atoms with Crippen molar-refractivity contribution in [2.45, 2.75) is 12.6 Å². The molecule has 0 rings (SSSR count). The van der Waals surface area contributed by atoms with Crippen molar-refractivity contribution in [3.05, 3.63) is 0 Å². The molecular weight excluding hydrogens is 175 g/mol. The molecule has 68 valence electrons. The van der Waals surface area contributed by atoms with Crippen LogP contribution in [-0.4, -0.2) is 37.0 Å². The van der Waals surface area contributed by atoms with Gasteiger partial charge in [-0.1, -0.05) is 0 Å². The first-order valence-corrected chi connectivity index (χ1v) is 3.95. The Hall–Kier alpha value is 0.100. The van der Waals surface area contributed by atoms with Gasteiger partial charge >= 0.3 is 6.18 Å². The highest BCUT2D eigenvalue weighted by atomic mass is 32.1. The van der Waals surface area contributed by atoms with Crippen LogP contribution in [0.4, 0.5) is 13.2 Å². The molecule has 0 aliphatic carbocycles. The average molecular weight is 187 g/mol. The molecule has 0 amide bonds. The second-order valence-corrected chi connectivity index (χ2v) is 2.88. The maximum Gasteiger partial charge on any atom is 0.401 e. The van der Waals surface area contributed by atoms with Gasteiger partial charge in [-0.15, -0.1) is 0 Å². The van der Waals surface area contributed by atoms with E-state index in [1.165, 1.54) is 11.9 Å². The summed E-state index contributed by atoms with van der Waals surface area (Å²) in [5.74, 6) is 0.627. The van der Waals surface area contributed by atoms with Crippen LogP contribution in [0.15, 0.2) is 0 Å². The van der Waals surface area contributed by atoms with E-state index in [9.17, 15) is 13.2 Å². The molecule has 5 heteroatoms. The van der Waals surface area contributed by atoms with Gasteiger partial charge in [-0.2, -0.15) is 25.8 Å². The van der Waals surface area contributed by atoms with Crippen molar-refractivity contribution in [3.63, 3.8) is 0 Å². The Bertz CT molecular complexity index is 104. The standard InChI is InChI=1S/C6H12F3NS/c1-10(3-2-4-11)5-6(7,8)9/h11H,2-5H2,1H3. The Morgan fingerprint density at radius 3 is 2.27 bits per heavy atom. The molecule has 0 aromatic rings. The number of hydrogen-bond donors (Lipinski definition) is 1. The molecule has 0 aromatic heterocycles. The first kappa shape index (κ1) is 11.1. The van der Waals surface area contributed by atoms with Gasteiger partial charge in [0.2, 0.25) is 0 Å². The fourth-order valence-electron chi connectivity index (χ4n) is 0.726. The summed E-state index contributed by atoms with van der Waals surface area (Å²) in [6.45, 7) is -0.385. The normalized spacial score (nSPS) is 12.5. The van der Waals surface area contributed by atoms with Crippen LogP contribution in [0.5, 0.6) is 0 Å². The SMILES string of the molecule is CN(CCCS)CC(F)(F)F. The van der Waals surface area contributed by atoms with Crippen LogP contribution in [0.1, 0.15) is 6.42 Å². The maximum atomic E-state index is 11.7. The molecule has 0 atom stereocenters. The third kappa shape index (κ3) is 8.00. The number of thiol groups is 1. The molecule has 0 aliphatic heterocycles. The van der Waals surface area contributed by atoms with E-state index in [-0.39, 0.29) is 0 Å². The van der Waals surface area contributed by atoms with Gasteiger partial charge < -0.3 is 0 Å². The third-order valence-corrected chi connectivity index (χ3v) is 1.46. The molecule has 0 saturated heterocycles. The molecule has 0 aromatic carbocycles. The Kier molecular flexibility index (Phi) is 4.92. The Labute approximate surface area is 70.0 Å². The van der Waals surface area contributed by atoms with Crippen molar-refractivity contribution < 1.29 is 13.2 Å². The Balaban J connectivity index is 3.44.